The van der Waals surface area contributed by atoms with Gasteiger partial charge in [0.2, 0.25) is 11.8 Å². The maximum atomic E-state index is 5.86. The summed E-state index contributed by atoms with van der Waals surface area (Å²) in [5, 5.41) is 8.38. The minimum Gasteiger partial charge on any atom is -0.416 e. The lowest BCUT2D eigenvalue weighted by molar-refractivity contribution is 0.584. The van der Waals surface area contributed by atoms with Gasteiger partial charge >= 0.3 is 0 Å². The van der Waals surface area contributed by atoms with Crippen LogP contribution in [0.1, 0.15) is 38.2 Å². The second-order valence-electron chi connectivity index (χ2n) is 7.00. The molecule has 1 heterocycles. The van der Waals surface area contributed by atoms with Gasteiger partial charge in [0, 0.05) is 11.1 Å². The van der Waals surface area contributed by atoms with Crippen LogP contribution in [0.5, 0.6) is 0 Å². The van der Waals surface area contributed by atoms with E-state index in [9.17, 15) is 0 Å². The monoisotopic (exact) mass is 368 g/mol. The van der Waals surface area contributed by atoms with Crippen molar-refractivity contribution in [2.24, 2.45) is 0 Å². The first-order chi connectivity index (χ1) is 13.8. The number of aromatic nitrogens is 2. The van der Waals surface area contributed by atoms with Gasteiger partial charge in [-0.1, -0.05) is 68.0 Å². The summed E-state index contributed by atoms with van der Waals surface area (Å²) in [5.74, 6) is 1.09. The van der Waals surface area contributed by atoms with Gasteiger partial charge in [-0.05, 0) is 60.2 Å². The molecular weight excluding hydrogens is 344 g/mol. The highest BCUT2D eigenvalue weighted by atomic mass is 16.4. The van der Waals surface area contributed by atoms with Gasteiger partial charge in [0.15, 0.2) is 0 Å². The molecule has 1 aromatic heterocycles. The fourth-order valence-electron chi connectivity index (χ4n) is 3.29. The van der Waals surface area contributed by atoms with Gasteiger partial charge < -0.3 is 4.42 Å². The molecule has 0 aliphatic heterocycles. The molecule has 0 fully saturated rings. The van der Waals surface area contributed by atoms with Gasteiger partial charge in [0.25, 0.3) is 0 Å². The average Bonchev–Trinajstić information content (AvgIpc) is 3.13. The molecule has 1 aliphatic carbocycles. The first-order valence-corrected chi connectivity index (χ1v) is 9.89. The van der Waals surface area contributed by atoms with Crippen molar-refractivity contribution >= 4 is 5.57 Å². The predicted molar refractivity (Wildman–Crippen MR) is 115 cm³/mol. The molecule has 28 heavy (non-hydrogen) atoms. The van der Waals surface area contributed by atoms with Crippen LogP contribution in [-0.4, -0.2) is 10.2 Å². The maximum Gasteiger partial charge on any atom is 0.248 e. The van der Waals surface area contributed by atoms with Gasteiger partial charge in [0.05, 0.1) is 0 Å². The van der Waals surface area contributed by atoms with Crippen molar-refractivity contribution in [3.05, 3.63) is 90.0 Å². The van der Waals surface area contributed by atoms with E-state index in [0.717, 1.165) is 24.0 Å². The Labute approximate surface area is 166 Å². The minimum atomic E-state index is 0.543. The van der Waals surface area contributed by atoms with Gasteiger partial charge in [-0.3, -0.25) is 0 Å². The van der Waals surface area contributed by atoms with E-state index in [1.54, 1.807) is 0 Å². The summed E-state index contributed by atoms with van der Waals surface area (Å²) < 4.78 is 5.86. The van der Waals surface area contributed by atoms with E-state index in [4.69, 9.17) is 4.42 Å². The summed E-state index contributed by atoms with van der Waals surface area (Å²) in [5.41, 5.74) is 5.82. The molecule has 0 radical (unpaired) electrons. The number of benzene rings is 2. The molecule has 0 saturated carbocycles. The highest BCUT2D eigenvalue weighted by Crippen LogP contribution is 2.27. The van der Waals surface area contributed by atoms with Crippen LogP contribution in [0.15, 0.2) is 88.9 Å². The van der Waals surface area contributed by atoms with Gasteiger partial charge in [-0.2, -0.15) is 0 Å². The minimum absolute atomic E-state index is 0.543. The topological polar surface area (TPSA) is 38.9 Å². The van der Waals surface area contributed by atoms with E-state index in [1.807, 2.05) is 30.3 Å². The Bertz CT molecular complexity index is 1010. The molecule has 0 spiro atoms. The van der Waals surface area contributed by atoms with Crippen LogP contribution in [0.4, 0.5) is 0 Å². The molecule has 0 saturated heterocycles. The van der Waals surface area contributed by atoms with Crippen LogP contribution in [0.3, 0.4) is 0 Å². The zero-order chi connectivity index (χ0) is 19.2. The molecule has 3 nitrogen and oxygen atoms in total. The third-order valence-electron chi connectivity index (χ3n) is 4.94. The molecule has 140 valence electrons. The van der Waals surface area contributed by atoms with Crippen molar-refractivity contribution in [1.29, 1.82) is 0 Å². The van der Waals surface area contributed by atoms with Gasteiger partial charge in [0.1, 0.15) is 0 Å². The molecule has 2 aromatic carbocycles. The lowest BCUT2D eigenvalue weighted by Crippen LogP contribution is -1.84. The summed E-state index contributed by atoms with van der Waals surface area (Å²) in [7, 11) is 0. The third-order valence-corrected chi connectivity index (χ3v) is 4.94. The van der Waals surface area contributed by atoms with Crippen LogP contribution in [-0.2, 0) is 0 Å². The Morgan fingerprint density at radius 3 is 2.21 bits per heavy atom. The SMILES string of the molecule is CCCCC1=CC=C(c2ccc(-c3nnc(-c4ccccc4)o3)cc2)CC=C1. The molecule has 0 N–H and O–H groups in total. The largest absolute Gasteiger partial charge is 0.416 e. The van der Waals surface area contributed by atoms with E-state index in [-0.39, 0.29) is 0 Å². The first-order valence-electron chi connectivity index (χ1n) is 9.89. The average molecular weight is 368 g/mol. The van der Waals surface area contributed by atoms with Gasteiger partial charge in [-0.25, -0.2) is 0 Å². The quantitative estimate of drug-likeness (QED) is 0.477. The normalized spacial score (nSPS) is 13.8. The van der Waals surface area contributed by atoms with E-state index in [2.05, 4.69) is 65.7 Å². The predicted octanol–water partition coefficient (Wildman–Crippen LogP) is 6.86. The van der Waals surface area contributed by atoms with Gasteiger partial charge in [-0.15, -0.1) is 10.2 Å². The zero-order valence-corrected chi connectivity index (χ0v) is 16.1. The van der Waals surface area contributed by atoms with E-state index >= 15 is 0 Å². The van der Waals surface area contributed by atoms with Crippen LogP contribution in [0.25, 0.3) is 28.5 Å². The van der Waals surface area contributed by atoms with Crippen LogP contribution in [0, 0.1) is 0 Å². The molecule has 0 bridgehead atoms. The molecule has 4 rings (SSSR count). The van der Waals surface area contributed by atoms with Crippen LogP contribution >= 0.6 is 0 Å². The summed E-state index contributed by atoms with van der Waals surface area (Å²) in [6, 6.07) is 18.2. The number of nitrogens with zero attached hydrogens (tertiary/aromatic N) is 2. The number of hydrogen-bond donors (Lipinski definition) is 0. The van der Waals surface area contributed by atoms with Crippen LogP contribution < -0.4 is 0 Å². The fourth-order valence-corrected chi connectivity index (χ4v) is 3.29. The molecule has 1 aliphatic rings. The molecule has 3 aromatic rings. The van der Waals surface area contributed by atoms with Crippen LogP contribution in [0.2, 0.25) is 0 Å². The Kier molecular flexibility index (Phi) is 5.62. The Morgan fingerprint density at radius 1 is 0.821 bits per heavy atom. The Hall–Kier alpha value is -3.20. The second-order valence-corrected chi connectivity index (χ2v) is 7.00. The van der Waals surface area contributed by atoms with Crippen molar-refractivity contribution < 1.29 is 4.42 Å². The van der Waals surface area contributed by atoms with E-state index in [1.165, 1.54) is 29.6 Å². The van der Waals surface area contributed by atoms with E-state index in [0.29, 0.717) is 11.8 Å². The number of unbranched alkanes of at least 4 members (excludes halogenated alkanes) is 1. The highest BCUT2D eigenvalue weighted by Gasteiger charge is 2.11. The van der Waals surface area contributed by atoms with E-state index < -0.39 is 0 Å². The zero-order valence-electron chi connectivity index (χ0n) is 16.1. The number of rotatable bonds is 6. The molecular formula is C25H24N2O. The Balaban J connectivity index is 1.52. The lowest BCUT2D eigenvalue weighted by Gasteiger charge is -2.04. The van der Waals surface area contributed by atoms with Crippen molar-refractivity contribution in [2.45, 2.75) is 32.6 Å². The smallest absolute Gasteiger partial charge is 0.248 e. The second kappa shape index (κ2) is 8.66. The van der Waals surface area contributed by atoms with Crippen molar-refractivity contribution in [3.63, 3.8) is 0 Å². The lowest BCUT2D eigenvalue weighted by atomic mass is 10.0. The standard InChI is InChI=1S/C25H24N2O/c1-2-3-8-19-9-7-12-20(14-13-19)21-15-17-23(18-16-21)25-27-26-24(28-25)22-10-5-4-6-11-22/h4-7,9-11,13-18H,2-3,8,12H2,1H3. The number of allylic oxidation sites excluding steroid dienone is 6. The summed E-state index contributed by atoms with van der Waals surface area (Å²) in [6.07, 6.45) is 13.6. The summed E-state index contributed by atoms with van der Waals surface area (Å²) >= 11 is 0. The third kappa shape index (κ3) is 4.20. The highest BCUT2D eigenvalue weighted by molar-refractivity contribution is 5.71. The van der Waals surface area contributed by atoms with Crippen molar-refractivity contribution in [2.75, 3.05) is 0 Å². The Morgan fingerprint density at radius 2 is 1.50 bits per heavy atom. The fraction of sp³-hybridized carbons (Fsp3) is 0.200. The maximum absolute atomic E-state index is 5.86. The van der Waals surface area contributed by atoms with Crippen molar-refractivity contribution in [1.82, 2.24) is 10.2 Å². The molecule has 0 atom stereocenters. The molecule has 0 amide bonds. The summed E-state index contributed by atoms with van der Waals surface area (Å²) in [6.45, 7) is 2.23. The summed E-state index contributed by atoms with van der Waals surface area (Å²) in [4.78, 5) is 0. The first kappa shape index (κ1) is 18.2. The molecule has 0 unspecified atom stereocenters. The number of hydrogen-bond acceptors (Lipinski definition) is 3. The van der Waals surface area contributed by atoms with Crippen molar-refractivity contribution in [3.8, 4) is 22.9 Å². The molecule has 3 heteroatoms.